The number of hydrogen-bond donors (Lipinski definition) is 1. The molecule has 1 aliphatic rings. The Hall–Kier alpha value is -1.91. The Balaban J connectivity index is 2.39. The SMILES string of the molecule is CC1(C(N)=O)CCN(S(=O)(=O)c2ccccc2C#N)C1. The van der Waals surface area contributed by atoms with Gasteiger partial charge in [-0.15, -0.1) is 0 Å². The highest BCUT2D eigenvalue weighted by Gasteiger charge is 2.44. The molecule has 20 heavy (non-hydrogen) atoms. The zero-order valence-corrected chi connectivity index (χ0v) is 11.9. The van der Waals surface area contributed by atoms with Crippen LogP contribution in [0.15, 0.2) is 29.2 Å². The zero-order chi connectivity index (χ0) is 15.0. The maximum absolute atomic E-state index is 12.5. The van der Waals surface area contributed by atoms with Crippen LogP contribution in [0.1, 0.15) is 18.9 Å². The number of nitrogens with two attached hydrogens (primary N) is 1. The number of amides is 1. The lowest BCUT2D eigenvalue weighted by Crippen LogP contribution is -2.38. The second-order valence-electron chi connectivity index (χ2n) is 5.12. The molecule has 1 atom stereocenters. The van der Waals surface area contributed by atoms with E-state index in [9.17, 15) is 13.2 Å². The van der Waals surface area contributed by atoms with Crippen LogP contribution in [-0.2, 0) is 14.8 Å². The van der Waals surface area contributed by atoms with E-state index in [2.05, 4.69) is 0 Å². The van der Waals surface area contributed by atoms with Crippen molar-refractivity contribution < 1.29 is 13.2 Å². The fourth-order valence-electron chi connectivity index (χ4n) is 2.25. The van der Waals surface area contributed by atoms with Crippen molar-refractivity contribution in [1.82, 2.24) is 4.31 Å². The third-order valence-electron chi connectivity index (χ3n) is 3.66. The lowest BCUT2D eigenvalue weighted by atomic mass is 9.89. The van der Waals surface area contributed by atoms with Crippen molar-refractivity contribution in [3.63, 3.8) is 0 Å². The average molecular weight is 293 g/mol. The van der Waals surface area contributed by atoms with Crippen molar-refractivity contribution in [3.05, 3.63) is 29.8 Å². The largest absolute Gasteiger partial charge is 0.369 e. The fraction of sp³-hybridized carbons (Fsp3) is 0.385. The second kappa shape index (κ2) is 4.89. The fourth-order valence-corrected chi connectivity index (χ4v) is 3.95. The topological polar surface area (TPSA) is 104 Å². The first kappa shape index (κ1) is 14.5. The molecular weight excluding hydrogens is 278 g/mol. The standard InChI is InChI=1S/C13H15N3O3S/c1-13(12(15)17)6-7-16(9-13)20(18,19)11-5-3-2-4-10(11)8-14/h2-5H,6-7,9H2,1H3,(H2,15,17). The smallest absolute Gasteiger partial charge is 0.244 e. The zero-order valence-electron chi connectivity index (χ0n) is 11.0. The Bertz CT molecular complexity index is 693. The molecule has 0 bridgehead atoms. The number of primary amides is 1. The van der Waals surface area contributed by atoms with E-state index in [4.69, 9.17) is 11.0 Å². The summed E-state index contributed by atoms with van der Waals surface area (Å²) in [5.41, 5.74) is 4.56. The Labute approximate surface area is 117 Å². The molecule has 2 rings (SSSR count). The predicted molar refractivity (Wildman–Crippen MR) is 71.8 cm³/mol. The molecule has 1 amide bonds. The van der Waals surface area contributed by atoms with Gasteiger partial charge < -0.3 is 5.73 Å². The van der Waals surface area contributed by atoms with E-state index >= 15 is 0 Å². The number of sulfonamides is 1. The Morgan fingerprint density at radius 1 is 1.45 bits per heavy atom. The van der Waals surface area contributed by atoms with Crippen LogP contribution in [0.2, 0.25) is 0 Å². The van der Waals surface area contributed by atoms with Crippen LogP contribution < -0.4 is 5.73 Å². The Morgan fingerprint density at radius 2 is 2.10 bits per heavy atom. The molecular formula is C13H15N3O3S. The van der Waals surface area contributed by atoms with Crippen LogP contribution >= 0.6 is 0 Å². The Kier molecular flexibility index (Phi) is 3.54. The molecule has 0 aromatic heterocycles. The molecule has 1 aromatic carbocycles. The molecule has 7 heteroatoms. The van der Waals surface area contributed by atoms with E-state index in [1.54, 1.807) is 19.1 Å². The molecule has 1 saturated heterocycles. The molecule has 1 aromatic rings. The molecule has 1 fully saturated rings. The van der Waals surface area contributed by atoms with Crippen LogP contribution in [0.5, 0.6) is 0 Å². The van der Waals surface area contributed by atoms with Crippen molar-refractivity contribution in [1.29, 1.82) is 5.26 Å². The summed E-state index contributed by atoms with van der Waals surface area (Å²) in [6, 6.07) is 7.90. The number of rotatable bonds is 3. The summed E-state index contributed by atoms with van der Waals surface area (Å²) in [7, 11) is -3.78. The molecule has 0 aliphatic carbocycles. The molecule has 0 saturated carbocycles. The van der Waals surface area contributed by atoms with Crippen molar-refractivity contribution >= 4 is 15.9 Å². The molecule has 1 unspecified atom stereocenters. The maximum Gasteiger partial charge on any atom is 0.244 e. The van der Waals surface area contributed by atoms with E-state index in [1.165, 1.54) is 16.4 Å². The van der Waals surface area contributed by atoms with Crippen LogP contribution in [-0.4, -0.2) is 31.7 Å². The van der Waals surface area contributed by atoms with E-state index in [-0.39, 0.29) is 23.5 Å². The second-order valence-corrected chi connectivity index (χ2v) is 7.03. The lowest BCUT2D eigenvalue weighted by molar-refractivity contribution is -0.126. The van der Waals surface area contributed by atoms with Gasteiger partial charge in [-0.25, -0.2) is 8.42 Å². The lowest BCUT2D eigenvalue weighted by Gasteiger charge is -2.21. The average Bonchev–Trinajstić information content (AvgIpc) is 2.83. The van der Waals surface area contributed by atoms with Crippen LogP contribution in [0, 0.1) is 16.7 Å². The van der Waals surface area contributed by atoms with Gasteiger partial charge in [-0.3, -0.25) is 4.79 Å². The monoisotopic (exact) mass is 293 g/mol. The normalized spacial score (nSPS) is 23.4. The number of hydrogen-bond acceptors (Lipinski definition) is 4. The van der Waals surface area contributed by atoms with Gasteiger partial charge in [0, 0.05) is 13.1 Å². The number of carbonyl (C=O) groups is 1. The van der Waals surface area contributed by atoms with E-state index in [0.717, 1.165) is 0 Å². The van der Waals surface area contributed by atoms with Crippen LogP contribution in [0.25, 0.3) is 0 Å². The quantitative estimate of drug-likeness (QED) is 0.873. The number of nitrogens with zero attached hydrogens (tertiary/aromatic N) is 2. The van der Waals surface area contributed by atoms with Gasteiger partial charge in [0.1, 0.15) is 6.07 Å². The highest BCUT2D eigenvalue weighted by atomic mass is 32.2. The first-order valence-electron chi connectivity index (χ1n) is 6.10. The van der Waals surface area contributed by atoms with Crippen LogP contribution in [0.3, 0.4) is 0 Å². The molecule has 2 N–H and O–H groups in total. The number of carbonyl (C=O) groups excluding carboxylic acids is 1. The summed E-state index contributed by atoms with van der Waals surface area (Å²) in [6.45, 7) is 1.92. The maximum atomic E-state index is 12.5. The third kappa shape index (κ3) is 2.28. The van der Waals surface area contributed by atoms with Crippen molar-refractivity contribution in [3.8, 4) is 6.07 Å². The molecule has 0 radical (unpaired) electrons. The van der Waals surface area contributed by atoms with Gasteiger partial charge >= 0.3 is 0 Å². The van der Waals surface area contributed by atoms with Gasteiger partial charge in [0.2, 0.25) is 15.9 Å². The van der Waals surface area contributed by atoms with Gasteiger partial charge in [-0.1, -0.05) is 12.1 Å². The van der Waals surface area contributed by atoms with Crippen LogP contribution in [0.4, 0.5) is 0 Å². The van der Waals surface area contributed by atoms with E-state index in [1.807, 2.05) is 6.07 Å². The van der Waals surface area contributed by atoms with Gasteiger partial charge in [-0.2, -0.15) is 9.57 Å². The number of benzene rings is 1. The summed E-state index contributed by atoms with van der Waals surface area (Å²) in [4.78, 5) is 11.4. The van der Waals surface area contributed by atoms with Gasteiger partial charge in [0.25, 0.3) is 0 Å². The molecule has 106 valence electrons. The Morgan fingerprint density at radius 3 is 2.65 bits per heavy atom. The first-order valence-corrected chi connectivity index (χ1v) is 7.54. The van der Waals surface area contributed by atoms with Crippen molar-refractivity contribution in [2.45, 2.75) is 18.2 Å². The minimum absolute atomic E-state index is 0.0313. The summed E-state index contributed by atoms with van der Waals surface area (Å²) < 4.78 is 26.3. The number of nitriles is 1. The summed E-state index contributed by atoms with van der Waals surface area (Å²) >= 11 is 0. The summed E-state index contributed by atoms with van der Waals surface area (Å²) in [6.07, 6.45) is 0.385. The highest BCUT2D eigenvalue weighted by molar-refractivity contribution is 7.89. The van der Waals surface area contributed by atoms with Crippen molar-refractivity contribution in [2.24, 2.45) is 11.1 Å². The van der Waals surface area contributed by atoms with Gasteiger partial charge in [-0.05, 0) is 25.5 Å². The highest BCUT2D eigenvalue weighted by Crippen LogP contribution is 2.33. The predicted octanol–water partition coefficient (Wildman–Crippen LogP) is 0.444. The van der Waals surface area contributed by atoms with Gasteiger partial charge in [0.15, 0.2) is 0 Å². The van der Waals surface area contributed by atoms with E-state index in [0.29, 0.717) is 6.42 Å². The third-order valence-corrected chi connectivity index (χ3v) is 5.56. The van der Waals surface area contributed by atoms with Gasteiger partial charge in [0.05, 0.1) is 15.9 Å². The summed E-state index contributed by atoms with van der Waals surface area (Å²) in [5.74, 6) is -0.510. The molecule has 1 aliphatic heterocycles. The molecule has 1 heterocycles. The molecule has 6 nitrogen and oxygen atoms in total. The minimum Gasteiger partial charge on any atom is -0.369 e. The summed E-state index contributed by atoms with van der Waals surface area (Å²) in [5, 5.41) is 9.01. The molecule has 0 spiro atoms. The van der Waals surface area contributed by atoms with E-state index < -0.39 is 21.3 Å². The first-order chi connectivity index (χ1) is 9.31. The minimum atomic E-state index is -3.78. The van der Waals surface area contributed by atoms with Crippen molar-refractivity contribution in [2.75, 3.05) is 13.1 Å².